The van der Waals surface area contributed by atoms with E-state index in [2.05, 4.69) is 4.90 Å². The zero-order valence-corrected chi connectivity index (χ0v) is 14.2. The van der Waals surface area contributed by atoms with Gasteiger partial charge in [-0.15, -0.1) is 0 Å². The van der Waals surface area contributed by atoms with Gasteiger partial charge in [-0.25, -0.2) is 0 Å². The van der Waals surface area contributed by atoms with Gasteiger partial charge in [0.15, 0.2) is 0 Å². The number of rotatable bonds is 4. The van der Waals surface area contributed by atoms with Gasteiger partial charge in [0.25, 0.3) is 0 Å². The van der Waals surface area contributed by atoms with Crippen LogP contribution in [0.3, 0.4) is 0 Å². The van der Waals surface area contributed by atoms with Crippen molar-refractivity contribution >= 4 is 11.8 Å². The molecule has 2 aliphatic heterocycles. The molecule has 0 aliphatic carbocycles. The molecule has 1 aromatic rings. The molecule has 2 heterocycles. The van der Waals surface area contributed by atoms with Crippen LogP contribution in [0.1, 0.15) is 43.7 Å². The zero-order chi connectivity index (χ0) is 16.9. The minimum Gasteiger partial charge on any atom is -0.369 e. The van der Waals surface area contributed by atoms with Gasteiger partial charge in [0.1, 0.15) is 6.04 Å². The van der Waals surface area contributed by atoms with E-state index in [4.69, 9.17) is 5.73 Å². The molecule has 2 aliphatic rings. The van der Waals surface area contributed by atoms with Crippen molar-refractivity contribution < 1.29 is 9.59 Å². The first kappa shape index (κ1) is 17.0. The lowest BCUT2D eigenvalue weighted by Crippen LogP contribution is -2.48. The van der Waals surface area contributed by atoms with E-state index in [0.717, 1.165) is 57.4 Å². The summed E-state index contributed by atoms with van der Waals surface area (Å²) in [6.07, 6.45) is 4.88. The fraction of sp³-hybridized carbons (Fsp3) is 0.579. The lowest BCUT2D eigenvalue weighted by Gasteiger charge is -2.39. The van der Waals surface area contributed by atoms with Crippen LogP contribution < -0.4 is 5.73 Å². The van der Waals surface area contributed by atoms with Gasteiger partial charge in [-0.3, -0.25) is 14.5 Å². The van der Waals surface area contributed by atoms with Gasteiger partial charge in [-0.2, -0.15) is 0 Å². The lowest BCUT2D eigenvalue weighted by molar-refractivity contribution is -0.139. The third-order valence-corrected chi connectivity index (χ3v) is 5.31. The van der Waals surface area contributed by atoms with Gasteiger partial charge in [0, 0.05) is 19.0 Å². The number of likely N-dealkylation sites (tertiary alicyclic amines) is 2. The predicted molar refractivity (Wildman–Crippen MR) is 93.1 cm³/mol. The molecule has 2 N–H and O–H groups in total. The average Bonchev–Trinajstić information content (AvgIpc) is 2.64. The van der Waals surface area contributed by atoms with Crippen molar-refractivity contribution in [3.63, 3.8) is 0 Å². The number of hydrogen-bond donors (Lipinski definition) is 1. The molecular formula is C19H27N3O2. The molecule has 3 rings (SSSR count). The number of nitrogens with zero attached hydrogens (tertiary/aromatic N) is 2. The summed E-state index contributed by atoms with van der Waals surface area (Å²) < 4.78 is 0. The number of hydrogen-bond acceptors (Lipinski definition) is 3. The van der Waals surface area contributed by atoms with Crippen LogP contribution in [0, 0.1) is 5.92 Å². The first-order valence-corrected chi connectivity index (χ1v) is 9.04. The van der Waals surface area contributed by atoms with E-state index < -0.39 is 0 Å². The summed E-state index contributed by atoms with van der Waals surface area (Å²) in [6.45, 7) is 3.21. The molecule has 0 saturated carbocycles. The Morgan fingerprint density at radius 2 is 1.58 bits per heavy atom. The number of piperidine rings is 2. The van der Waals surface area contributed by atoms with Crippen molar-refractivity contribution in [1.82, 2.24) is 9.80 Å². The van der Waals surface area contributed by atoms with Crippen LogP contribution >= 0.6 is 0 Å². The van der Waals surface area contributed by atoms with Crippen LogP contribution in [0.5, 0.6) is 0 Å². The monoisotopic (exact) mass is 329 g/mol. The third kappa shape index (κ3) is 3.78. The quantitative estimate of drug-likeness (QED) is 0.918. The Balaban J connectivity index is 1.78. The van der Waals surface area contributed by atoms with E-state index >= 15 is 0 Å². The third-order valence-electron chi connectivity index (χ3n) is 5.31. The zero-order valence-electron chi connectivity index (χ0n) is 14.2. The fourth-order valence-corrected chi connectivity index (χ4v) is 3.87. The maximum absolute atomic E-state index is 13.2. The van der Waals surface area contributed by atoms with Gasteiger partial charge in [-0.1, -0.05) is 30.3 Å². The molecule has 0 bridgehead atoms. The van der Waals surface area contributed by atoms with Gasteiger partial charge in [0.2, 0.25) is 11.8 Å². The second-order valence-corrected chi connectivity index (χ2v) is 6.91. The van der Waals surface area contributed by atoms with Crippen LogP contribution in [0.25, 0.3) is 0 Å². The smallest absolute Gasteiger partial charge is 0.244 e. The van der Waals surface area contributed by atoms with E-state index in [9.17, 15) is 9.59 Å². The van der Waals surface area contributed by atoms with Gasteiger partial charge < -0.3 is 10.6 Å². The van der Waals surface area contributed by atoms with Crippen LogP contribution in [0.4, 0.5) is 0 Å². The number of benzene rings is 1. The Kier molecular flexibility index (Phi) is 5.51. The largest absolute Gasteiger partial charge is 0.369 e. The van der Waals surface area contributed by atoms with Crippen molar-refractivity contribution in [2.45, 2.75) is 38.1 Å². The van der Waals surface area contributed by atoms with Gasteiger partial charge in [0.05, 0.1) is 0 Å². The fourth-order valence-electron chi connectivity index (χ4n) is 3.87. The molecule has 24 heavy (non-hydrogen) atoms. The molecule has 2 fully saturated rings. The Morgan fingerprint density at radius 1 is 0.958 bits per heavy atom. The molecule has 0 radical (unpaired) electrons. The topological polar surface area (TPSA) is 66.6 Å². The summed E-state index contributed by atoms with van der Waals surface area (Å²) in [5, 5.41) is 0. The Bertz CT molecular complexity index is 561. The molecule has 1 aromatic carbocycles. The SMILES string of the molecule is NC(=O)C1CCN([C@H](C(=O)N2CCCCC2)c2ccccc2)CC1. The van der Waals surface area contributed by atoms with Crippen LogP contribution in [0.15, 0.2) is 30.3 Å². The minimum absolute atomic E-state index is 0.0530. The Labute approximate surface area is 143 Å². The maximum atomic E-state index is 13.2. The summed E-state index contributed by atoms with van der Waals surface area (Å²) in [6, 6.07) is 9.78. The molecule has 0 unspecified atom stereocenters. The highest BCUT2D eigenvalue weighted by Crippen LogP contribution is 2.29. The molecule has 5 heteroatoms. The predicted octanol–water partition coefficient (Wildman–Crippen LogP) is 1.94. The van der Waals surface area contributed by atoms with Crippen molar-refractivity contribution in [2.24, 2.45) is 11.7 Å². The highest BCUT2D eigenvalue weighted by molar-refractivity contribution is 5.83. The van der Waals surface area contributed by atoms with Crippen molar-refractivity contribution in [3.05, 3.63) is 35.9 Å². The van der Waals surface area contributed by atoms with E-state index in [0.29, 0.717) is 0 Å². The van der Waals surface area contributed by atoms with Crippen molar-refractivity contribution in [2.75, 3.05) is 26.2 Å². The molecule has 2 saturated heterocycles. The first-order chi connectivity index (χ1) is 11.7. The van der Waals surface area contributed by atoms with Gasteiger partial charge >= 0.3 is 0 Å². The summed E-state index contributed by atoms with van der Waals surface area (Å²) in [5.74, 6) is -0.0607. The summed E-state index contributed by atoms with van der Waals surface area (Å²) in [4.78, 5) is 28.9. The van der Waals surface area contributed by atoms with E-state index in [1.54, 1.807) is 0 Å². The summed E-state index contributed by atoms with van der Waals surface area (Å²) in [7, 11) is 0. The number of carbonyl (C=O) groups excluding carboxylic acids is 2. The molecule has 5 nitrogen and oxygen atoms in total. The number of primary amides is 1. The first-order valence-electron chi connectivity index (χ1n) is 9.04. The molecule has 0 spiro atoms. The minimum atomic E-state index is -0.238. The van der Waals surface area contributed by atoms with Crippen LogP contribution in [-0.2, 0) is 9.59 Å². The molecule has 1 atom stereocenters. The summed E-state index contributed by atoms with van der Waals surface area (Å²) in [5.41, 5.74) is 6.49. The second kappa shape index (κ2) is 7.79. The molecular weight excluding hydrogens is 302 g/mol. The summed E-state index contributed by atoms with van der Waals surface area (Å²) >= 11 is 0. The normalized spacial score (nSPS) is 21.4. The van der Waals surface area contributed by atoms with Crippen LogP contribution in [0.2, 0.25) is 0 Å². The van der Waals surface area contributed by atoms with E-state index in [1.807, 2.05) is 35.2 Å². The van der Waals surface area contributed by atoms with Crippen molar-refractivity contribution in [3.8, 4) is 0 Å². The highest BCUT2D eigenvalue weighted by Gasteiger charge is 2.35. The van der Waals surface area contributed by atoms with E-state index in [1.165, 1.54) is 6.42 Å². The van der Waals surface area contributed by atoms with E-state index in [-0.39, 0.29) is 23.8 Å². The average molecular weight is 329 g/mol. The number of amides is 2. The second-order valence-electron chi connectivity index (χ2n) is 6.91. The Hall–Kier alpha value is -1.88. The molecule has 130 valence electrons. The maximum Gasteiger partial charge on any atom is 0.244 e. The lowest BCUT2D eigenvalue weighted by atomic mass is 9.93. The standard InChI is InChI=1S/C19H27N3O2/c20-18(23)16-9-13-21(14-10-16)17(15-7-3-1-4-8-15)19(24)22-11-5-2-6-12-22/h1,3-4,7-8,16-17H,2,5-6,9-14H2,(H2,20,23)/t17-/m0/s1. The number of nitrogens with two attached hydrogens (primary N) is 1. The van der Waals surface area contributed by atoms with Crippen LogP contribution in [-0.4, -0.2) is 47.8 Å². The van der Waals surface area contributed by atoms with Gasteiger partial charge in [-0.05, 0) is 50.8 Å². The highest BCUT2D eigenvalue weighted by atomic mass is 16.2. The van der Waals surface area contributed by atoms with Crippen molar-refractivity contribution in [1.29, 1.82) is 0 Å². The molecule has 2 amide bonds. The number of carbonyl (C=O) groups is 2. The molecule has 0 aromatic heterocycles. The Morgan fingerprint density at radius 3 is 2.17 bits per heavy atom.